The normalized spacial score (nSPS) is 55.4. The Kier molecular flexibility index (Phi) is 1.47. The summed E-state index contributed by atoms with van der Waals surface area (Å²) in [7, 11) is 0. The van der Waals surface area contributed by atoms with Crippen LogP contribution in [0, 0.1) is 0 Å². The number of aliphatic hydroxyl groups is 2. The van der Waals surface area contributed by atoms with Crippen LogP contribution in [0.5, 0.6) is 0 Å². The summed E-state index contributed by atoms with van der Waals surface area (Å²) in [6, 6.07) is 0. The Labute approximate surface area is 64.7 Å². The van der Waals surface area contributed by atoms with Gasteiger partial charge in [0.25, 0.3) is 0 Å². The van der Waals surface area contributed by atoms with Crippen molar-refractivity contribution >= 4 is 0 Å². The molecule has 2 aliphatic heterocycles. The lowest BCUT2D eigenvalue weighted by molar-refractivity contribution is -0.160. The Bertz CT molecular complexity index is 172. The van der Waals surface area contributed by atoms with Gasteiger partial charge in [-0.15, -0.1) is 0 Å². The fourth-order valence-electron chi connectivity index (χ4n) is 1.85. The molecule has 2 heterocycles. The smallest absolute Gasteiger partial charge is 0.145 e. The van der Waals surface area contributed by atoms with Crippen molar-refractivity contribution in [3.63, 3.8) is 0 Å². The van der Waals surface area contributed by atoms with E-state index in [0.29, 0.717) is 6.61 Å². The van der Waals surface area contributed by atoms with Crippen LogP contribution in [-0.2, 0) is 9.47 Å². The Morgan fingerprint density at radius 2 is 2.36 bits per heavy atom. The van der Waals surface area contributed by atoms with Crippen LogP contribution in [0.25, 0.3) is 0 Å². The molecule has 0 spiro atoms. The largest absolute Gasteiger partial charge is 0.393 e. The lowest BCUT2D eigenvalue weighted by atomic mass is 9.95. The van der Waals surface area contributed by atoms with Crippen LogP contribution >= 0.6 is 0 Å². The Hall–Kier alpha value is -0.160. The maximum absolute atomic E-state index is 9.54. The molecule has 4 nitrogen and oxygen atoms in total. The van der Waals surface area contributed by atoms with Crippen molar-refractivity contribution in [1.82, 2.24) is 0 Å². The van der Waals surface area contributed by atoms with Gasteiger partial charge in [0.1, 0.15) is 17.8 Å². The Morgan fingerprint density at radius 1 is 1.64 bits per heavy atom. The number of ether oxygens (including phenoxy) is 2. The highest BCUT2D eigenvalue weighted by Gasteiger charge is 2.60. The zero-order chi connectivity index (χ0) is 8.06. The van der Waals surface area contributed by atoms with Crippen molar-refractivity contribution in [1.29, 1.82) is 0 Å². The topological polar surface area (TPSA) is 58.9 Å². The maximum atomic E-state index is 9.54. The molecule has 64 valence electrons. The van der Waals surface area contributed by atoms with Crippen LogP contribution in [0.1, 0.15) is 6.92 Å². The molecule has 0 aromatic heterocycles. The van der Waals surface area contributed by atoms with Crippen LogP contribution in [0.3, 0.4) is 0 Å². The van der Waals surface area contributed by atoms with E-state index in [1.54, 1.807) is 6.92 Å². The van der Waals surface area contributed by atoms with Crippen LogP contribution in [-0.4, -0.2) is 47.3 Å². The van der Waals surface area contributed by atoms with Crippen molar-refractivity contribution in [3.05, 3.63) is 0 Å². The van der Waals surface area contributed by atoms with Gasteiger partial charge in [-0.05, 0) is 6.92 Å². The summed E-state index contributed by atoms with van der Waals surface area (Å²) in [4.78, 5) is 0. The summed E-state index contributed by atoms with van der Waals surface area (Å²) >= 11 is 0. The maximum Gasteiger partial charge on any atom is 0.145 e. The third-order valence-electron chi connectivity index (χ3n) is 2.68. The SMILES string of the molecule is CC1OC2COC1(CO)C2O. The summed E-state index contributed by atoms with van der Waals surface area (Å²) in [5.74, 6) is 0. The molecule has 4 atom stereocenters. The van der Waals surface area contributed by atoms with Crippen LogP contribution < -0.4 is 0 Å². The molecular weight excluding hydrogens is 148 g/mol. The van der Waals surface area contributed by atoms with E-state index >= 15 is 0 Å². The van der Waals surface area contributed by atoms with Gasteiger partial charge in [-0.1, -0.05) is 0 Å². The van der Waals surface area contributed by atoms with E-state index in [0.717, 1.165) is 0 Å². The zero-order valence-electron chi connectivity index (χ0n) is 6.36. The summed E-state index contributed by atoms with van der Waals surface area (Å²) in [5, 5.41) is 18.6. The van der Waals surface area contributed by atoms with Gasteiger partial charge in [0.15, 0.2) is 0 Å². The fraction of sp³-hybridized carbons (Fsp3) is 1.00. The molecule has 2 bridgehead atoms. The lowest BCUT2D eigenvalue weighted by Crippen LogP contribution is -2.48. The van der Waals surface area contributed by atoms with E-state index in [1.165, 1.54) is 0 Å². The summed E-state index contributed by atoms with van der Waals surface area (Å²) in [6.07, 6.45) is -1.11. The standard InChI is InChI=1S/C7H12O4/c1-4-7(3-8)6(9)5(11-4)2-10-7/h4-6,8-9H,2-3H2,1H3. The minimum atomic E-state index is -0.843. The molecule has 0 radical (unpaired) electrons. The van der Waals surface area contributed by atoms with E-state index in [-0.39, 0.29) is 18.8 Å². The van der Waals surface area contributed by atoms with Crippen molar-refractivity contribution in [3.8, 4) is 0 Å². The predicted molar refractivity (Wildman–Crippen MR) is 36.1 cm³/mol. The quantitative estimate of drug-likeness (QED) is 0.511. The van der Waals surface area contributed by atoms with Crippen LogP contribution in [0.15, 0.2) is 0 Å². The van der Waals surface area contributed by atoms with Gasteiger partial charge in [-0.2, -0.15) is 0 Å². The number of rotatable bonds is 1. The second kappa shape index (κ2) is 2.17. The van der Waals surface area contributed by atoms with Gasteiger partial charge in [-0.25, -0.2) is 0 Å². The van der Waals surface area contributed by atoms with E-state index in [4.69, 9.17) is 14.6 Å². The summed E-state index contributed by atoms with van der Waals surface area (Å²) < 4.78 is 10.6. The van der Waals surface area contributed by atoms with Crippen LogP contribution in [0.2, 0.25) is 0 Å². The van der Waals surface area contributed by atoms with Crippen LogP contribution in [0.4, 0.5) is 0 Å². The number of hydrogen-bond donors (Lipinski definition) is 2. The van der Waals surface area contributed by atoms with Crippen molar-refractivity contribution in [2.45, 2.75) is 30.8 Å². The van der Waals surface area contributed by atoms with E-state index in [2.05, 4.69) is 0 Å². The molecule has 0 aliphatic carbocycles. The number of fused-ring (bicyclic) bond motifs is 2. The minimum Gasteiger partial charge on any atom is -0.393 e. The first-order valence-electron chi connectivity index (χ1n) is 3.79. The zero-order valence-corrected chi connectivity index (χ0v) is 6.36. The molecule has 2 N–H and O–H groups in total. The van der Waals surface area contributed by atoms with E-state index in [1.807, 2.05) is 0 Å². The molecule has 11 heavy (non-hydrogen) atoms. The highest BCUT2D eigenvalue weighted by Crippen LogP contribution is 2.40. The third kappa shape index (κ3) is 0.727. The predicted octanol–water partition coefficient (Wildman–Crippen LogP) is -1.10. The highest BCUT2D eigenvalue weighted by atomic mass is 16.6. The van der Waals surface area contributed by atoms with Crippen molar-refractivity contribution in [2.75, 3.05) is 13.2 Å². The van der Waals surface area contributed by atoms with Gasteiger partial charge in [0.05, 0.1) is 19.3 Å². The Morgan fingerprint density at radius 3 is 2.64 bits per heavy atom. The molecule has 4 unspecified atom stereocenters. The van der Waals surface area contributed by atoms with Crippen molar-refractivity contribution < 1.29 is 19.7 Å². The molecule has 2 aliphatic rings. The monoisotopic (exact) mass is 160 g/mol. The molecule has 2 saturated heterocycles. The van der Waals surface area contributed by atoms with Gasteiger partial charge in [0.2, 0.25) is 0 Å². The molecule has 2 fully saturated rings. The van der Waals surface area contributed by atoms with Gasteiger partial charge >= 0.3 is 0 Å². The molecule has 0 amide bonds. The second-order valence-corrected chi connectivity index (χ2v) is 3.19. The first kappa shape index (κ1) is 7.49. The van der Waals surface area contributed by atoms with E-state index in [9.17, 15) is 5.11 Å². The first-order chi connectivity index (χ1) is 5.20. The van der Waals surface area contributed by atoms with Gasteiger partial charge < -0.3 is 19.7 Å². The minimum absolute atomic E-state index is 0.175. The average Bonchev–Trinajstić information content (AvgIpc) is 2.42. The number of aliphatic hydroxyl groups excluding tert-OH is 2. The summed E-state index contributed by atoms with van der Waals surface area (Å²) in [5.41, 5.74) is -0.843. The average molecular weight is 160 g/mol. The highest BCUT2D eigenvalue weighted by molar-refractivity contribution is 5.07. The molecule has 0 aromatic rings. The second-order valence-electron chi connectivity index (χ2n) is 3.19. The molecular formula is C7H12O4. The lowest BCUT2D eigenvalue weighted by Gasteiger charge is -2.30. The van der Waals surface area contributed by atoms with Gasteiger partial charge in [0, 0.05) is 0 Å². The summed E-state index contributed by atoms with van der Waals surface area (Å²) in [6.45, 7) is 2.02. The molecule has 2 rings (SSSR count). The van der Waals surface area contributed by atoms with Crippen molar-refractivity contribution in [2.24, 2.45) is 0 Å². The molecule has 0 saturated carbocycles. The van der Waals surface area contributed by atoms with Gasteiger partial charge in [-0.3, -0.25) is 0 Å². The molecule has 0 aromatic carbocycles. The third-order valence-corrected chi connectivity index (χ3v) is 2.68. The first-order valence-corrected chi connectivity index (χ1v) is 3.79. The van der Waals surface area contributed by atoms with E-state index < -0.39 is 11.7 Å². The fourth-order valence-corrected chi connectivity index (χ4v) is 1.85. The Balaban J connectivity index is 2.28. The molecule has 4 heteroatoms. The number of hydrogen-bond acceptors (Lipinski definition) is 4.